The molecule has 0 aromatic heterocycles. The number of carbonyl (C=O) groups is 1. The van der Waals surface area contributed by atoms with Gasteiger partial charge in [0, 0.05) is 24.7 Å². The minimum absolute atomic E-state index is 0.116. The van der Waals surface area contributed by atoms with Crippen LogP contribution in [-0.2, 0) is 6.54 Å². The van der Waals surface area contributed by atoms with Gasteiger partial charge in [-0.15, -0.1) is 0 Å². The lowest BCUT2D eigenvalue weighted by Gasteiger charge is -2.30. The average Bonchev–Trinajstić information content (AvgIpc) is 3.18. The number of carbonyl (C=O) groups excluding carboxylic acids is 1. The van der Waals surface area contributed by atoms with Crippen molar-refractivity contribution in [3.05, 3.63) is 35.4 Å². The maximum Gasteiger partial charge on any atom is 0.251 e. The van der Waals surface area contributed by atoms with Crippen LogP contribution in [0.3, 0.4) is 0 Å². The third-order valence-corrected chi connectivity index (χ3v) is 6.42. The number of fused-ring (bicyclic) bond motifs is 2. The van der Waals surface area contributed by atoms with Crippen molar-refractivity contribution in [2.45, 2.75) is 58.0 Å². The zero-order valence-electron chi connectivity index (χ0n) is 14.8. The van der Waals surface area contributed by atoms with E-state index in [1.807, 2.05) is 12.1 Å². The Bertz CT molecular complexity index is 582. The molecule has 24 heavy (non-hydrogen) atoms. The van der Waals surface area contributed by atoms with Crippen LogP contribution < -0.4 is 5.32 Å². The minimum atomic E-state index is 0.116. The Kier molecular flexibility index (Phi) is 4.62. The summed E-state index contributed by atoms with van der Waals surface area (Å²) < 4.78 is 0. The molecule has 2 saturated carbocycles. The summed E-state index contributed by atoms with van der Waals surface area (Å²) in [4.78, 5) is 15.0. The monoisotopic (exact) mass is 326 g/mol. The van der Waals surface area contributed by atoms with E-state index < -0.39 is 0 Å². The van der Waals surface area contributed by atoms with Gasteiger partial charge in [-0.1, -0.05) is 25.5 Å². The molecule has 3 heteroatoms. The molecule has 4 rings (SSSR count). The standard InChI is InChI=1S/C21H30N2O/c1-15-3-2-10-23(13-15)14-16-4-7-18(8-5-16)21(24)22-20-12-17-6-9-19(20)11-17/h4-5,7-8,15,17,19-20H,2-3,6,9-14H2,1H3,(H,22,24)/t15-,17-,19-,20-/m0/s1. The first-order chi connectivity index (χ1) is 11.7. The summed E-state index contributed by atoms with van der Waals surface area (Å²) in [5.74, 6) is 2.53. The fourth-order valence-electron chi connectivity index (χ4n) is 5.12. The molecule has 1 aliphatic heterocycles. The number of nitrogens with zero attached hydrogens (tertiary/aromatic N) is 1. The SMILES string of the molecule is C[C@H]1CCCN(Cc2ccc(C(=O)N[C@H]3C[C@H]4CC[C@H]3C4)cc2)C1. The Hall–Kier alpha value is -1.35. The first-order valence-corrected chi connectivity index (χ1v) is 9.79. The fraction of sp³-hybridized carbons (Fsp3) is 0.667. The van der Waals surface area contributed by atoms with Crippen molar-refractivity contribution in [3.63, 3.8) is 0 Å². The Balaban J connectivity index is 1.32. The van der Waals surface area contributed by atoms with Crippen LogP contribution in [0.1, 0.15) is 61.4 Å². The van der Waals surface area contributed by atoms with Gasteiger partial charge in [-0.2, -0.15) is 0 Å². The smallest absolute Gasteiger partial charge is 0.251 e. The van der Waals surface area contributed by atoms with Gasteiger partial charge in [0.25, 0.3) is 5.91 Å². The third kappa shape index (κ3) is 3.51. The van der Waals surface area contributed by atoms with Crippen LogP contribution in [0.15, 0.2) is 24.3 Å². The predicted molar refractivity (Wildman–Crippen MR) is 96.8 cm³/mol. The minimum Gasteiger partial charge on any atom is -0.349 e. The molecule has 1 amide bonds. The Labute approximate surface area is 145 Å². The first kappa shape index (κ1) is 16.1. The van der Waals surface area contributed by atoms with Crippen molar-refractivity contribution in [1.82, 2.24) is 10.2 Å². The Morgan fingerprint density at radius 2 is 2.00 bits per heavy atom. The van der Waals surface area contributed by atoms with Gasteiger partial charge in [0.15, 0.2) is 0 Å². The average molecular weight is 326 g/mol. The van der Waals surface area contributed by atoms with E-state index in [0.717, 1.165) is 29.9 Å². The summed E-state index contributed by atoms with van der Waals surface area (Å²) in [5, 5.41) is 3.28. The number of likely N-dealkylation sites (tertiary alicyclic amines) is 1. The van der Waals surface area contributed by atoms with Crippen LogP contribution in [0.2, 0.25) is 0 Å². The molecule has 2 bridgehead atoms. The molecule has 0 unspecified atom stereocenters. The molecule has 130 valence electrons. The quantitative estimate of drug-likeness (QED) is 0.912. The van der Waals surface area contributed by atoms with Crippen molar-refractivity contribution in [1.29, 1.82) is 0 Å². The molecule has 1 saturated heterocycles. The van der Waals surface area contributed by atoms with Gasteiger partial charge in [-0.3, -0.25) is 9.69 Å². The number of hydrogen-bond donors (Lipinski definition) is 1. The zero-order chi connectivity index (χ0) is 16.5. The highest BCUT2D eigenvalue weighted by Crippen LogP contribution is 2.44. The van der Waals surface area contributed by atoms with Crippen molar-refractivity contribution in [3.8, 4) is 0 Å². The van der Waals surface area contributed by atoms with Gasteiger partial charge >= 0.3 is 0 Å². The van der Waals surface area contributed by atoms with Crippen molar-refractivity contribution in [2.24, 2.45) is 17.8 Å². The van der Waals surface area contributed by atoms with Gasteiger partial charge in [-0.05, 0) is 74.1 Å². The molecule has 4 atom stereocenters. The predicted octanol–water partition coefficient (Wildman–Crippen LogP) is 3.84. The van der Waals surface area contributed by atoms with E-state index >= 15 is 0 Å². The number of nitrogens with one attached hydrogen (secondary N) is 1. The van der Waals surface area contributed by atoms with Crippen molar-refractivity contribution < 1.29 is 4.79 Å². The molecular formula is C21H30N2O. The van der Waals surface area contributed by atoms with Gasteiger partial charge in [0.05, 0.1) is 0 Å². The lowest BCUT2D eigenvalue weighted by molar-refractivity contribution is 0.0923. The number of benzene rings is 1. The van der Waals surface area contributed by atoms with Crippen molar-refractivity contribution in [2.75, 3.05) is 13.1 Å². The lowest BCUT2D eigenvalue weighted by Crippen LogP contribution is -2.38. The molecule has 3 nitrogen and oxygen atoms in total. The molecule has 2 aliphatic carbocycles. The van der Waals surface area contributed by atoms with Crippen LogP contribution in [0.5, 0.6) is 0 Å². The molecule has 0 spiro atoms. The normalized spacial score (nSPS) is 32.9. The lowest BCUT2D eigenvalue weighted by atomic mass is 9.95. The van der Waals surface area contributed by atoms with Crippen LogP contribution >= 0.6 is 0 Å². The van der Waals surface area contributed by atoms with Gasteiger partial charge < -0.3 is 5.32 Å². The van der Waals surface area contributed by atoms with E-state index in [4.69, 9.17) is 0 Å². The molecular weight excluding hydrogens is 296 g/mol. The van der Waals surface area contributed by atoms with E-state index in [-0.39, 0.29) is 5.91 Å². The van der Waals surface area contributed by atoms with E-state index in [9.17, 15) is 4.79 Å². The van der Waals surface area contributed by atoms with Crippen LogP contribution in [-0.4, -0.2) is 29.9 Å². The molecule has 3 fully saturated rings. The van der Waals surface area contributed by atoms with Gasteiger partial charge in [0.2, 0.25) is 0 Å². The van der Waals surface area contributed by atoms with Crippen LogP contribution in [0.25, 0.3) is 0 Å². The molecule has 0 radical (unpaired) electrons. The van der Waals surface area contributed by atoms with E-state index in [2.05, 4.69) is 29.3 Å². The first-order valence-electron chi connectivity index (χ1n) is 9.79. The summed E-state index contributed by atoms with van der Waals surface area (Å²) in [6.07, 6.45) is 7.88. The summed E-state index contributed by atoms with van der Waals surface area (Å²) in [6.45, 7) is 5.76. The van der Waals surface area contributed by atoms with Crippen molar-refractivity contribution >= 4 is 5.91 Å². The fourth-order valence-corrected chi connectivity index (χ4v) is 5.12. The largest absolute Gasteiger partial charge is 0.349 e. The number of hydrogen-bond acceptors (Lipinski definition) is 2. The highest BCUT2D eigenvalue weighted by Gasteiger charge is 2.40. The number of piperidine rings is 1. The van der Waals surface area contributed by atoms with E-state index in [0.29, 0.717) is 6.04 Å². The zero-order valence-corrected chi connectivity index (χ0v) is 14.8. The summed E-state index contributed by atoms with van der Waals surface area (Å²) >= 11 is 0. The van der Waals surface area contributed by atoms with E-state index in [1.165, 1.54) is 57.2 Å². The van der Waals surface area contributed by atoms with Gasteiger partial charge in [0.1, 0.15) is 0 Å². The molecule has 1 heterocycles. The topological polar surface area (TPSA) is 32.3 Å². The highest BCUT2D eigenvalue weighted by molar-refractivity contribution is 5.94. The molecule has 1 aromatic rings. The third-order valence-electron chi connectivity index (χ3n) is 6.42. The second-order valence-corrected chi connectivity index (χ2v) is 8.43. The Morgan fingerprint density at radius 1 is 1.17 bits per heavy atom. The van der Waals surface area contributed by atoms with Crippen LogP contribution in [0.4, 0.5) is 0 Å². The number of amides is 1. The molecule has 1 N–H and O–H groups in total. The van der Waals surface area contributed by atoms with Crippen LogP contribution in [0, 0.1) is 17.8 Å². The van der Waals surface area contributed by atoms with Gasteiger partial charge in [-0.25, -0.2) is 0 Å². The second-order valence-electron chi connectivity index (χ2n) is 8.43. The van der Waals surface area contributed by atoms with E-state index in [1.54, 1.807) is 0 Å². The molecule has 3 aliphatic rings. The second kappa shape index (κ2) is 6.87. The highest BCUT2D eigenvalue weighted by atomic mass is 16.1. The summed E-state index contributed by atoms with van der Waals surface area (Å²) in [5.41, 5.74) is 2.13. The maximum atomic E-state index is 12.5. The molecule has 1 aromatic carbocycles. The summed E-state index contributed by atoms with van der Waals surface area (Å²) in [7, 11) is 0. The Morgan fingerprint density at radius 3 is 2.67 bits per heavy atom. The maximum absolute atomic E-state index is 12.5. The number of rotatable bonds is 4. The summed E-state index contributed by atoms with van der Waals surface area (Å²) in [6, 6.07) is 8.70.